The van der Waals surface area contributed by atoms with Gasteiger partial charge in [-0.2, -0.15) is 0 Å². The highest BCUT2D eigenvalue weighted by Crippen LogP contribution is 2.36. The molecule has 0 atom stereocenters. The number of hydrogen-bond acceptors (Lipinski definition) is 6. The lowest BCUT2D eigenvalue weighted by Crippen LogP contribution is -2.36. The van der Waals surface area contributed by atoms with Crippen LogP contribution in [0.5, 0.6) is 0 Å². The molecular weight excluding hydrogens is 376 g/mol. The first-order valence-corrected chi connectivity index (χ1v) is 10.1. The van der Waals surface area contributed by atoms with Crippen molar-refractivity contribution in [1.29, 1.82) is 0 Å². The van der Waals surface area contributed by atoms with Crippen LogP contribution in [0, 0.1) is 5.92 Å². The monoisotopic (exact) mass is 390 g/mol. The largest absolute Gasteiger partial charge is 0.348 e. The van der Waals surface area contributed by atoms with Crippen molar-refractivity contribution < 1.29 is 9.59 Å². The number of aldehydes is 1. The van der Waals surface area contributed by atoms with Crippen molar-refractivity contribution in [2.75, 3.05) is 18.0 Å². The average molecular weight is 391 g/mol. The third-order valence-electron chi connectivity index (χ3n) is 4.48. The van der Waals surface area contributed by atoms with E-state index < -0.39 is 0 Å². The summed E-state index contributed by atoms with van der Waals surface area (Å²) in [6.07, 6.45) is 2.52. The Morgan fingerprint density at radius 1 is 1.20 bits per heavy atom. The first kappa shape index (κ1) is 16.7. The number of benzene rings is 1. The number of carbonyl (C=O) groups is 2. The predicted molar refractivity (Wildman–Crippen MR) is 104 cm³/mol. The minimum atomic E-state index is 0.0557. The third-order valence-corrected chi connectivity index (χ3v) is 6.88. The van der Waals surface area contributed by atoms with Gasteiger partial charge in [0, 0.05) is 29.6 Å². The highest BCUT2D eigenvalue weighted by molar-refractivity contribution is 7.29. The Labute approximate surface area is 158 Å². The summed E-state index contributed by atoms with van der Waals surface area (Å²) >= 11 is 8.93. The molecule has 2 aromatic heterocycles. The number of ketones is 1. The zero-order chi connectivity index (χ0) is 17.4. The van der Waals surface area contributed by atoms with Gasteiger partial charge in [0.25, 0.3) is 0 Å². The molecule has 0 unspecified atom stereocenters. The van der Waals surface area contributed by atoms with Crippen molar-refractivity contribution in [2.24, 2.45) is 5.92 Å². The minimum absolute atomic E-state index is 0.0557. The smallest absolute Gasteiger partial charge is 0.187 e. The molecule has 3 heterocycles. The number of carbonyl (C=O) groups excluding carboxylic acids is 2. The van der Waals surface area contributed by atoms with Crippen molar-refractivity contribution in [3.63, 3.8) is 0 Å². The molecule has 0 aliphatic carbocycles. The number of hydrogen-bond donors (Lipinski definition) is 0. The molecule has 0 saturated carbocycles. The van der Waals surface area contributed by atoms with Crippen LogP contribution in [0.2, 0.25) is 5.02 Å². The topological polar surface area (TPSA) is 50.3 Å². The Bertz CT molecular complexity index is 893. The van der Waals surface area contributed by atoms with E-state index in [1.165, 1.54) is 11.3 Å². The number of nitrogens with zero attached hydrogens (tertiary/aromatic N) is 2. The van der Waals surface area contributed by atoms with Crippen molar-refractivity contribution in [1.82, 2.24) is 4.98 Å². The summed E-state index contributed by atoms with van der Waals surface area (Å²) in [6.45, 7) is 1.65. The van der Waals surface area contributed by atoms with Gasteiger partial charge >= 0.3 is 0 Å². The van der Waals surface area contributed by atoms with Gasteiger partial charge in [-0.25, -0.2) is 4.98 Å². The summed E-state index contributed by atoms with van der Waals surface area (Å²) in [7, 11) is 0. The number of thiazole rings is 1. The molecule has 1 aliphatic rings. The number of anilines is 1. The molecule has 4 nitrogen and oxygen atoms in total. The van der Waals surface area contributed by atoms with Crippen LogP contribution in [0.1, 0.15) is 32.9 Å². The number of thiophene rings is 1. The van der Waals surface area contributed by atoms with Gasteiger partial charge in [-0.15, -0.1) is 11.3 Å². The molecule has 3 aromatic rings. The molecule has 7 heteroatoms. The van der Waals surface area contributed by atoms with Gasteiger partial charge in [0.05, 0.1) is 9.58 Å². The number of halogens is 1. The zero-order valence-corrected chi connectivity index (χ0v) is 15.7. The molecule has 0 N–H and O–H groups in total. The maximum atomic E-state index is 12.6. The van der Waals surface area contributed by atoms with Gasteiger partial charge in [-0.05, 0) is 43.2 Å². The first-order chi connectivity index (χ1) is 12.1. The second kappa shape index (κ2) is 6.86. The predicted octanol–water partition coefficient (Wildman–Crippen LogP) is 4.92. The van der Waals surface area contributed by atoms with Crippen LogP contribution in [0.3, 0.4) is 0 Å². The Morgan fingerprint density at radius 2 is 1.92 bits per heavy atom. The molecule has 1 aromatic carbocycles. The first-order valence-electron chi connectivity index (χ1n) is 8.04. The van der Waals surface area contributed by atoms with Crippen molar-refractivity contribution >= 4 is 61.0 Å². The SMILES string of the molecule is O=Cc1cc2sc(N3CCC(C(=O)c4ccc(Cl)cc4)CC3)nc2s1. The van der Waals surface area contributed by atoms with Gasteiger partial charge in [0.2, 0.25) is 0 Å². The van der Waals surface area contributed by atoms with E-state index in [-0.39, 0.29) is 11.7 Å². The lowest BCUT2D eigenvalue weighted by molar-refractivity contribution is 0.0900. The van der Waals surface area contributed by atoms with Crippen LogP contribution in [0.25, 0.3) is 9.53 Å². The Kier molecular flexibility index (Phi) is 4.58. The van der Waals surface area contributed by atoms with Gasteiger partial charge in [0.1, 0.15) is 4.83 Å². The molecular formula is C18H15ClN2O2S2. The quantitative estimate of drug-likeness (QED) is 0.468. The van der Waals surface area contributed by atoms with Crippen molar-refractivity contribution in [2.45, 2.75) is 12.8 Å². The number of piperidine rings is 1. The highest BCUT2D eigenvalue weighted by Gasteiger charge is 2.27. The van der Waals surface area contributed by atoms with Crippen LogP contribution >= 0.6 is 34.3 Å². The zero-order valence-electron chi connectivity index (χ0n) is 13.3. The molecule has 0 bridgehead atoms. The summed E-state index contributed by atoms with van der Waals surface area (Å²) in [5.41, 5.74) is 0.735. The van der Waals surface area contributed by atoms with Crippen LogP contribution in [-0.2, 0) is 0 Å². The number of aromatic nitrogens is 1. The van der Waals surface area contributed by atoms with E-state index in [4.69, 9.17) is 11.6 Å². The van der Waals surface area contributed by atoms with Gasteiger partial charge in [-0.3, -0.25) is 9.59 Å². The molecule has 25 heavy (non-hydrogen) atoms. The second-order valence-corrected chi connectivity index (χ2v) is 8.57. The van der Waals surface area contributed by atoms with Crippen LogP contribution in [-0.4, -0.2) is 30.1 Å². The maximum absolute atomic E-state index is 12.6. The van der Waals surface area contributed by atoms with Crippen molar-refractivity contribution in [3.05, 3.63) is 45.8 Å². The van der Waals surface area contributed by atoms with Gasteiger partial charge in [0.15, 0.2) is 17.2 Å². The van der Waals surface area contributed by atoms with E-state index >= 15 is 0 Å². The maximum Gasteiger partial charge on any atom is 0.187 e. The minimum Gasteiger partial charge on any atom is -0.348 e. The molecule has 128 valence electrons. The highest BCUT2D eigenvalue weighted by atomic mass is 35.5. The standard InChI is InChI=1S/C18H15ClN2O2S2/c19-13-3-1-11(2-4-13)16(23)12-5-7-21(8-6-12)18-20-17-15(25-18)9-14(10-22)24-17/h1-4,9-10,12H,5-8H2. The van der Waals surface area contributed by atoms with E-state index in [1.807, 2.05) is 6.07 Å². The normalized spacial score (nSPS) is 15.6. The van der Waals surface area contributed by atoms with Gasteiger partial charge < -0.3 is 4.90 Å². The average Bonchev–Trinajstić information content (AvgIpc) is 3.20. The summed E-state index contributed by atoms with van der Waals surface area (Å²) in [6, 6.07) is 9.03. The molecule has 1 fully saturated rings. The molecule has 4 rings (SSSR count). The number of rotatable bonds is 4. The molecule has 0 radical (unpaired) electrons. The number of Topliss-reactive ketones (excluding diaryl/α,β-unsaturated/α-hetero) is 1. The van der Waals surface area contributed by atoms with Crippen LogP contribution in [0.15, 0.2) is 30.3 Å². The lowest BCUT2D eigenvalue weighted by atomic mass is 9.89. The Morgan fingerprint density at radius 3 is 2.56 bits per heavy atom. The lowest BCUT2D eigenvalue weighted by Gasteiger charge is -2.31. The Balaban J connectivity index is 1.43. The van der Waals surface area contributed by atoms with E-state index in [9.17, 15) is 9.59 Å². The Hall–Kier alpha value is -1.76. The fraction of sp³-hybridized carbons (Fsp3) is 0.278. The fourth-order valence-electron chi connectivity index (χ4n) is 3.12. The van der Waals surface area contributed by atoms with E-state index in [1.54, 1.807) is 35.6 Å². The van der Waals surface area contributed by atoms with E-state index in [2.05, 4.69) is 9.88 Å². The molecule has 0 amide bonds. The molecule has 1 aliphatic heterocycles. The second-order valence-electron chi connectivity index (χ2n) is 6.06. The van der Waals surface area contributed by atoms with Crippen LogP contribution < -0.4 is 4.90 Å². The third kappa shape index (κ3) is 3.34. The number of fused-ring (bicyclic) bond motifs is 1. The van der Waals surface area contributed by atoms with E-state index in [0.717, 1.165) is 52.4 Å². The summed E-state index contributed by atoms with van der Waals surface area (Å²) in [4.78, 5) is 32.0. The van der Waals surface area contributed by atoms with Gasteiger partial charge in [-0.1, -0.05) is 22.9 Å². The summed E-state index contributed by atoms with van der Waals surface area (Å²) < 4.78 is 1.06. The summed E-state index contributed by atoms with van der Waals surface area (Å²) in [5.74, 6) is 0.257. The molecule has 1 saturated heterocycles. The summed E-state index contributed by atoms with van der Waals surface area (Å²) in [5, 5.41) is 1.63. The van der Waals surface area contributed by atoms with Crippen molar-refractivity contribution in [3.8, 4) is 0 Å². The fourth-order valence-corrected chi connectivity index (χ4v) is 5.33. The van der Waals surface area contributed by atoms with E-state index in [0.29, 0.717) is 9.90 Å². The molecule has 0 spiro atoms. The van der Waals surface area contributed by atoms with Crippen LogP contribution in [0.4, 0.5) is 5.13 Å².